The van der Waals surface area contributed by atoms with Crippen LogP contribution in [0.3, 0.4) is 0 Å². The second-order valence-electron chi connectivity index (χ2n) is 6.67. The van der Waals surface area contributed by atoms with Crippen LogP contribution < -0.4 is 0 Å². The van der Waals surface area contributed by atoms with Gasteiger partial charge < -0.3 is 20.1 Å². The number of rotatable bonds is 17. The van der Waals surface area contributed by atoms with Crippen molar-refractivity contribution in [3.8, 4) is 0 Å². The number of unbranched alkanes of at least 4 members (excludes halogenated alkanes) is 8. The van der Waals surface area contributed by atoms with E-state index >= 15 is 0 Å². The van der Waals surface area contributed by atoms with Crippen LogP contribution in [0.2, 0.25) is 0 Å². The van der Waals surface area contributed by atoms with Crippen molar-refractivity contribution in [3.05, 3.63) is 24.3 Å². The molecule has 0 aliphatic rings. The lowest BCUT2D eigenvalue weighted by Gasteiger charge is -2.08. The molecular weight excluding hydrogens is 332 g/mol. The van der Waals surface area contributed by atoms with Gasteiger partial charge in [-0.05, 0) is 32.1 Å². The number of aliphatic hydroxyl groups excluding tert-OH is 3. The molecule has 0 heterocycles. The summed E-state index contributed by atoms with van der Waals surface area (Å²) < 4.78 is 4.84. The van der Waals surface area contributed by atoms with E-state index in [-0.39, 0.29) is 12.6 Å². The SMILES string of the molecule is CCCCCC=CC(O)C=CCCCCCCCC(=O)OCC(O)CO. The number of hydrogen-bond acceptors (Lipinski definition) is 5. The summed E-state index contributed by atoms with van der Waals surface area (Å²) in [6.45, 7) is 1.65. The fourth-order valence-electron chi connectivity index (χ4n) is 2.42. The van der Waals surface area contributed by atoms with E-state index in [0.29, 0.717) is 6.42 Å². The Kier molecular flexibility index (Phi) is 17.8. The highest BCUT2D eigenvalue weighted by Gasteiger charge is 2.07. The van der Waals surface area contributed by atoms with Crippen LogP contribution in [-0.2, 0) is 9.53 Å². The molecule has 26 heavy (non-hydrogen) atoms. The Bertz CT molecular complexity index is 379. The Morgan fingerprint density at radius 3 is 2.12 bits per heavy atom. The third-order valence-electron chi connectivity index (χ3n) is 4.04. The fourth-order valence-corrected chi connectivity index (χ4v) is 2.42. The molecule has 0 aromatic heterocycles. The number of aliphatic hydroxyl groups is 3. The maximum Gasteiger partial charge on any atom is 0.305 e. The minimum absolute atomic E-state index is 0.137. The average molecular weight is 371 g/mol. The molecule has 0 fully saturated rings. The first-order chi connectivity index (χ1) is 12.6. The van der Waals surface area contributed by atoms with E-state index in [1.807, 2.05) is 18.2 Å². The van der Waals surface area contributed by atoms with Gasteiger partial charge in [0.15, 0.2) is 0 Å². The summed E-state index contributed by atoms with van der Waals surface area (Å²) in [6, 6.07) is 0. The predicted molar refractivity (Wildman–Crippen MR) is 105 cm³/mol. The zero-order valence-corrected chi connectivity index (χ0v) is 16.3. The molecule has 152 valence electrons. The van der Waals surface area contributed by atoms with E-state index < -0.39 is 18.8 Å². The van der Waals surface area contributed by atoms with Crippen LogP contribution in [0.15, 0.2) is 24.3 Å². The monoisotopic (exact) mass is 370 g/mol. The van der Waals surface area contributed by atoms with Crippen molar-refractivity contribution >= 4 is 5.97 Å². The molecule has 0 saturated heterocycles. The number of ether oxygens (including phenoxy) is 1. The second-order valence-corrected chi connectivity index (χ2v) is 6.67. The molecule has 0 bridgehead atoms. The number of carbonyl (C=O) groups excluding carboxylic acids is 1. The summed E-state index contributed by atoms with van der Waals surface area (Å²) in [5.74, 6) is -0.322. The molecule has 0 radical (unpaired) electrons. The number of hydrogen-bond donors (Lipinski definition) is 3. The van der Waals surface area contributed by atoms with E-state index in [2.05, 4.69) is 13.0 Å². The van der Waals surface area contributed by atoms with Crippen molar-refractivity contribution < 1.29 is 24.9 Å². The molecule has 0 aromatic rings. The van der Waals surface area contributed by atoms with Crippen molar-refractivity contribution in [1.82, 2.24) is 0 Å². The topological polar surface area (TPSA) is 87.0 Å². The van der Waals surface area contributed by atoms with Crippen LogP contribution in [0.5, 0.6) is 0 Å². The van der Waals surface area contributed by atoms with Gasteiger partial charge in [-0.1, -0.05) is 63.3 Å². The van der Waals surface area contributed by atoms with Crippen molar-refractivity contribution in [2.45, 2.75) is 89.8 Å². The highest BCUT2D eigenvalue weighted by atomic mass is 16.5. The third kappa shape index (κ3) is 17.6. The number of allylic oxidation sites excluding steroid dienone is 2. The van der Waals surface area contributed by atoms with Crippen LogP contribution in [0, 0.1) is 0 Å². The smallest absolute Gasteiger partial charge is 0.305 e. The standard InChI is InChI=1S/C21H38O5/c1-2-3-4-8-11-14-19(23)15-12-9-6-5-7-10-13-16-21(25)26-18-20(24)17-22/h11-12,14-15,19-20,22-24H,2-10,13,16-18H2,1H3. The Morgan fingerprint density at radius 1 is 0.923 bits per heavy atom. The average Bonchev–Trinajstić information content (AvgIpc) is 2.64. The van der Waals surface area contributed by atoms with Gasteiger partial charge in [0.1, 0.15) is 12.7 Å². The highest BCUT2D eigenvalue weighted by Crippen LogP contribution is 2.09. The van der Waals surface area contributed by atoms with Crippen LogP contribution in [0.4, 0.5) is 0 Å². The molecule has 0 spiro atoms. The first-order valence-corrected chi connectivity index (χ1v) is 10.1. The fraction of sp³-hybridized carbons (Fsp3) is 0.762. The highest BCUT2D eigenvalue weighted by molar-refractivity contribution is 5.69. The molecule has 5 nitrogen and oxygen atoms in total. The molecule has 0 aliphatic carbocycles. The van der Waals surface area contributed by atoms with Gasteiger partial charge in [-0.15, -0.1) is 0 Å². The van der Waals surface area contributed by atoms with Crippen LogP contribution in [0.25, 0.3) is 0 Å². The zero-order valence-electron chi connectivity index (χ0n) is 16.3. The van der Waals surface area contributed by atoms with E-state index in [1.54, 1.807) is 0 Å². The van der Waals surface area contributed by atoms with Gasteiger partial charge in [0.25, 0.3) is 0 Å². The lowest BCUT2D eigenvalue weighted by Crippen LogP contribution is -2.21. The molecule has 0 amide bonds. The molecular formula is C21H38O5. The minimum Gasteiger partial charge on any atom is -0.463 e. The largest absolute Gasteiger partial charge is 0.463 e. The van der Waals surface area contributed by atoms with Crippen molar-refractivity contribution in [2.24, 2.45) is 0 Å². The Hall–Kier alpha value is -1.17. The molecule has 3 N–H and O–H groups in total. The van der Waals surface area contributed by atoms with Crippen molar-refractivity contribution in [3.63, 3.8) is 0 Å². The molecule has 5 heteroatoms. The van der Waals surface area contributed by atoms with E-state index in [1.165, 1.54) is 19.3 Å². The summed E-state index contributed by atoms with van der Waals surface area (Å²) >= 11 is 0. The first-order valence-electron chi connectivity index (χ1n) is 10.1. The van der Waals surface area contributed by atoms with Gasteiger partial charge in [-0.2, -0.15) is 0 Å². The van der Waals surface area contributed by atoms with Gasteiger partial charge in [0.05, 0.1) is 12.7 Å². The Labute approximate surface area is 158 Å². The van der Waals surface area contributed by atoms with Gasteiger partial charge in [-0.25, -0.2) is 0 Å². The quantitative estimate of drug-likeness (QED) is 0.207. The van der Waals surface area contributed by atoms with Crippen LogP contribution in [-0.4, -0.2) is 46.7 Å². The molecule has 0 aliphatic heterocycles. The molecule has 0 rings (SSSR count). The third-order valence-corrected chi connectivity index (χ3v) is 4.04. The summed E-state index contributed by atoms with van der Waals surface area (Å²) in [5, 5.41) is 27.5. The van der Waals surface area contributed by atoms with Gasteiger partial charge in [0, 0.05) is 6.42 Å². The maximum atomic E-state index is 11.4. The van der Waals surface area contributed by atoms with Crippen molar-refractivity contribution in [2.75, 3.05) is 13.2 Å². The zero-order chi connectivity index (χ0) is 19.5. The number of carbonyl (C=O) groups is 1. The molecule has 2 unspecified atom stereocenters. The second kappa shape index (κ2) is 18.6. The lowest BCUT2D eigenvalue weighted by atomic mass is 10.1. The van der Waals surface area contributed by atoms with Crippen LogP contribution in [0.1, 0.15) is 77.6 Å². The maximum absolute atomic E-state index is 11.4. The number of esters is 1. The summed E-state index contributed by atoms with van der Waals surface area (Å²) in [7, 11) is 0. The molecule has 0 aromatic carbocycles. The van der Waals surface area contributed by atoms with E-state index in [0.717, 1.165) is 44.9 Å². The summed E-state index contributed by atoms with van der Waals surface area (Å²) in [4.78, 5) is 11.4. The normalized spacial score (nSPS) is 14.2. The summed E-state index contributed by atoms with van der Waals surface area (Å²) in [5.41, 5.74) is 0. The van der Waals surface area contributed by atoms with Crippen molar-refractivity contribution in [1.29, 1.82) is 0 Å². The first kappa shape index (κ1) is 24.8. The molecule has 0 saturated carbocycles. The molecule has 2 atom stereocenters. The van der Waals surface area contributed by atoms with Gasteiger partial charge in [0.2, 0.25) is 0 Å². The summed E-state index contributed by atoms with van der Waals surface area (Å²) in [6.07, 6.45) is 17.3. The van der Waals surface area contributed by atoms with E-state index in [9.17, 15) is 9.90 Å². The van der Waals surface area contributed by atoms with Gasteiger partial charge >= 0.3 is 5.97 Å². The minimum atomic E-state index is -0.984. The Balaban J connectivity index is 3.45. The van der Waals surface area contributed by atoms with Crippen LogP contribution >= 0.6 is 0 Å². The Morgan fingerprint density at radius 2 is 1.50 bits per heavy atom. The lowest BCUT2D eigenvalue weighted by molar-refractivity contribution is -0.147. The van der Waals surface area contributed by atoms with Gasteiger partial charge in [-0.3, -0.25) is 4.79 Å². The van der Waals surface area contributed by atoms with E-state index in [4.69, 9.17) is 14.9 Å². The predicted octanol–water partition coefficient (Wildman–Crippen LogP) is 3.67.